The first-order chi connectivity index (χ1) is 6.70. The smallest absolute Gasteiger partial charge is 0.341 e. The molecule has 1 heterocycles. The molecule has 0 amide bonds. The number of furan rings is 1. The summed E-state index contributed by atoms with van der Waals surface area (Å²) in [6.07, 6.45) is 4.71. The third-order valence-electron chi connectivity index (χ3n) is 1.74. The fraction of sp³-hybridized carbons (Fsp3) is 0.500. The molecule has 1 unspecified atom stereocenters. The number of hydrogen-bond donors (Lipinski definition) is 0. The van der Waals surface area contributed by atoms with E-state index >= 15 is 0 Å². The molecule has 0 saturated carbocycles. The van der Waals surface area contributed by atoms with E-state index in [0.29, 0.717) is 17.0 Å². The summed E-state index contributed by atoms with van der Waals surface area (Å²) in [7, 11) is 0. The van der Waals surface area contributed by atoms with Gasteiger partial charge in [-0.15, -0.1) is 0 Å². The average molecular weight is 261 g/mol. The van der Waals surface area contributed by atoms with E-state index in [1.807, 2.05) is 0 Å². The van der Waals surface area contributed by atoms with Crippen LogP contribution in [0.1, 0.15) is 30.1 Å². The second kappa shape index (κ2) is 5.86. The highest BCUT2D eigenvalue weighted by Gasteiger charge is 2.07. The molecule has 0 aromatic carbocycles. The number of ether oxygens (including phenoxy) is 1. The third-order valence-corrected chi connectivity index (χ3v) is 2.19. The zero-order chi connectivity index (χ0) is 10.4. The van der Waals surface area contributed by atoms with E-state index in [9.17, 15) is 4.79 Å². The van der Waals surface area contributed by atoms with Crippen LogP contribution in [-0.4, -0.2) is 17.4 Å². The highest BCUT2D eigenvalue weighted by Crippen LogP contribution is 2.07. The van der Waals surface area contributed by atoms with E-state index in [2.05, 4.69) is 22.9 Å². The van der Waals surface area contributed by atoms with Gasteiger partial charge in [0.25, 0.3) is 0 Å². The van der Waals surface area contributed by atoms with E-state index < -0.39 is 0 Å². The number of halogens is 1. The van der Waals surface area contributed by atoms with Gasteiger partial charge in [0.2, 0.25) is 0 Å². The molecule has 14 heavy (non-hydrogen) atoms. The Labute approximate surface area is 91.6 Å². The average Bonchev–Trinajstić information content (AvgIpc) is 2.64. The highest BCUT2D eigenvalue weighted by molar-refractivity contribution is 9.09. The number of hydrogen-bond acceptors (Lipinski definition) is 3. The summed E-state index contributed by atoms with van der Waals surface area (Å²) in [5.74, 6) is -0.319. The lowest BCUT2D eigenvalue weighted by Gasteiger charge is -2.04. The summed E-state index contributed by atoms with van der Waals surface area (Å²) in [5, 5.41) is 0. The van der Waals surface area contributed by atoms with Crippen molar-refractivity contribution in [3.8, 4) is 0 Å². The van der Waals surface area contributed by atoms with Gasteiger partial charge < -0.3 is 9.15 Å². The van der Waals surface area contributed by atoms with Gasteiger partial charge in [0.1, 0.15) is 6.26 Å². The van der Waals surface area contributed by atoms with Crippen molar-refractivity contribution in [2.75, 3.05) is 6.61 Å². The SMILES string of the molecule is CC(Br)CCCOC(=O)c1ccoc1. The van der Waals surface area contributed by atoms with Gasteiger partial charge in [0.15, 0.2) is 0 Å². The molecule has 1 rings (SSSR count). The zero-order valence-corrected chi connectivity index (χ0v) is 9.62. The molecule has 0 aliphatic carbocycles. The van der Waals surface area contributed by atoms with Crippen LogP contribution in [0.5, 0.6) is 0 Å². The Hall–Kier alpha value is -0.770. The fourth-order valence-electron chi connectivity index (χ4n) is 0.993. The normalized spacial score (nSPS) is 12.4. The van der Waals surface area contributed by atoms with Gasteiger partial charge in [-0.2, -0.15) is 0 Å². The molecule has 0 spiro atoms. The van der Waals surface area contributed by atoms with E-state index in [1.165, 1.54) is 12.5 Å². The molecule has 1 aromatic rings. The number of esters is 1. The number of alkyl halides is 1. The summed E-state index contributed by atoms with van der Waals surface area (Å²) in [4.78, 5) is 11.7. The number of carbonyl (C=O) groups is 1. The maximum atomic E-state index is 11.3. The van der Waals surface area contributed by atoms with Crippen LogP contribution in [0, 0.1) is 0 Å². The van der Waals surface area contributed by atoms with Crippen LogP contribution < -0.4 is 0 Å². The minimum absolute atomic E-state index is 0.319. The van der Waals surface area contributed by atoms with Crippen molar-refractivity contribution in [1.29, 1.82) is 0 Å². The van der Waals surface area contributed by atoms with E-state index in [0.717, 1.165) is 12.8 Å². The van der Waals surface area contributed by atoms with Crippen LogP contribution in [0.2, 0.25) is 0 Å². The fourth-order valence-corrected chi connectivity index (χ4v) is 1.32. The Bertz CT molecular complexity index is 267. The van der Waals surface area contributed by atoms with Gasteiger partial charge in [0.05, 0.1) is 18.4 Å². The van der Waals surface area contributed by atoms with Crippen LogP contribution in [0.3, 0.4) is 0 Å². The van der Waals surface area contributed by atoms with Crippen molar-refractivity contribution < 1.29 is 13.9 Å². The molecule has 0 aliphatic rings. The molecule has 3 nitrogen and oxygen atoms in total. The number of carbonyl (C=O) groups excluding carboxylic acids is 1. The van der Waals surface area contributed by atoms with Crippen molar-refractivity contribution >= 4 is 21.9 Å². The van der Waals surface area contributed by atoms with E-state index in [4.69, 9.17) is 9.15 Å². The largest absolute Gasteiger partial charge is 0.472 e. The Morgan fingerprint density at radius 1 is 1.71 bits per heavy atom. The molecular formula is C10H13BrO3. The maximum Gasteiger partial charge on any atom is 0.341 e. The van der Waals surface area contributed by atoms with E-state index in [1.54, 1.807) is 6.07 Å². The van der Waals surface area contributed by atoms with Crippen LogP contribution in [-0.2, 0) is 4.74 Å². The lowest BCUT2D eigenvalue weighted by Crippen LogP contribution is -2.06. The predicted octanol–water partition coefficient (Wildman–Crippen LogP) is 3.00. The molecule has 1 aromatic heterocycles. The predicted molar refractivity (Wildman–Crippen MR) is 56.6 cm³/mol. The molecule has 1 atom stereocenters. The van der Waals surface area contributed by atoms with Gasteiger partial charge in [-0.05, 0) is 18.9 Å². The first-order valence-electron chi connectivity index (χ1n) is 4.53. The quantitative estimate of drug-likeness (QED) is 0.464. The second-order valence-corrected chi connectivity index (χ2v) is 4.63. The topological polar surface area (TPSA) is 39.4 Å². The zero-order valence-electron chi connectivity index (χ0n) is 8.03. The van der Waals surface area contributed by atoms with Crippen molar-refractivity contribution in [1.82, 2.24) is 0 Å². The highest BCUT2D eigenvalue weighted by atomic mass is 79.9. The first-order valence-corrected chi connectivity index (χ1v) is 5.45. The first kappa shape index (κ1) is 11.3. The minimum Gasteiger partial charge on any atom is -0.472 e. The van der Waals surface area contributed by atoms with Gasteiger partial charge in [-0.3, -0.25) is 0 Å². The molecule has 0 radical (unpaired) electrons. The monoisotopic (exact) mass is 260 g/mol. The van der Waals surface area contributed by atoms with Crippen molar-refractivity contribution in [3.05, 3.63) is 24.2 Å². The summed E-state index contributed by atoms with van der Waals surface area (Å²) < 4.78 is 9.79. The molecule has 0 N–H and O–H groups in total. The van der Waals surface area contributed by atoms with E-state index in [-0.39, 0.29) is 5.97 Å². The molecule has 0 saturated heterocycles. The van der Waals surface area contributed by atoms with Crippen molar-refractivity contribution in [2.24, 2.45) is 0 Å². The summed E-state index contributed by atoms with van der Waals surface area (Å²) in [5.41, 5.74) is 0.469. The maximum absolute atomic E-state index is 11.3. The molecule has 78 valence electrons. The van der Waals surface area contributed by atoms with Gasteiger partial charge in [-0.1, -0.05) is 22.9 Å². The lowest BCUT2D eigenvalue weighted by atomic mass is 10.3. The third kappa shape index (κ3) is 3.96. The Balaban J connectivity index is 2.16. The van der Waals surface area contributed by atoms with Gasteiger partial charge >= 0.3 is 5.97 Å². The summed E-state index contributed by atoms with van der Waals surface area (Å²) in [6.45, 7) is 2.53. The van der Waals surface area contributed by atoms with Crippen molar-refractivity contribution in [3.63, 3.8) is 0 Å². The molecule has 4 heteroatoms. The Morgan fingerprint density at radius 2 is 2.50 bits per heavy atom. The summed E-state index contributed by atoms with van der Waals surface area (Å²) in [6, 6.07) is 1.59. The molecule has 0 fully saturated rings. The van der Waals surface area contributed by atoms with Crippen LogP contribution >= 0.6 is 15.9 Å². The summed E-state index contributed by atoms with van der Waals surface area (Å²) >= 11 is 3.42. The molecule has 0 aliphatic heterocycles. The minimum atomic E-state index is -0.319. The second-order valence-electron chi connectivity index (χ2n) is 3.07. The Kier molecular flexibility index (Phi) is 4.73. The lowest BCUT2D eigenvalue weighted by molar-refractivity contribution is 0.0498. The van der Waals surface area contributed by atoms with Crippen LogP contribution in [0.25, 0.3) is 0 Å². The van der Waals surface area contributed by atoms with Gasteiger partial charge in [0, 0.05) is 4.83 Å². The van der Waals surface area contributed by atoms with Gasteiger partial charge in [-0.25, -0.2) is 4.79 Å². The molecule has 0 bridgehead atoms. The Morgan fingerprint density at radius 3 is 3.07 bits per heavy atom. The van der Waals surface area contributed by atoms with Crippen molar-refractivity contribution in [2.45, 2.75) is 24.6 Å². The van der Waals surface area contributed by atoms with Crippen LogP contribution in [0.15, 0.2) is 23.0 Å². The standard InChI is InChI=1S/C10H13BrO3/c1-8(11)3-2-5-14-10(12)9-4-6-13-7-9/h4,6-8H,2-3,5H2,1H3. The number of rotatable bonds is 5. The molecular weight excluding hydrogens is 248 g/mol. The van der Waals surface area contributed by atoms with Crippen LogP contribution in [0.4, 0.5) is 0 Å².